The smallest absolute Gasteiger partial charge is 0.203 e. The van der Waals surface area contributed by atoms with Crippen LogP contribution in [0, 0.1) is 19.7 Å². The number of hydrogen-bond donors (Lipinski definition) is 0. The van der Waals surface area contributed by atoms with Crippen molar-refractivity contribution in [3.63, 3.8) is 0 Å². The van der Waals surface area contributed by atoms with Crippen LogP contribution in [0.2, 0.25) is 5.02 Å². The molecule has 2 aromatic carbocycles. The SMILES string of the molecule is Cc1ccc(C)c(C(=O)C(C)Oc2ccc(Cl)c(F)c2)c1. The molecule has 0 aliphatic heterocycles. The zero-order valence-electron chi connectivity index (χ0n) is 12.1. The van der Waals surface area contributed by atoms with Crippen LogP contribution in [0.3, 0.4) is 0 Å². The van der Waals surface area contributed by atoms with Crippen molar-refractivity contribution in [1.29, 1.82) is 0 Å². The van der Waals surface area contributed by atoms with Gasteiger partial charge in [0.1, 0.15) is 11.6 Å². The van der Waals surface area contributed by atoms with Crippen LogP contribution >= 0.6 is 11.6 Å². The number of carbonyl (C=O) groups is 1. The van der Waals surface area contributed by atoms with Crippen molar-refractivity contribution in [2.24, 2.45) is 0 Å². The minimum Gasteiger partial charge on any atom is -0.482 e. The van der Waals surface area contributed by atoms with Crippen LogP contribution in [-0.4, -0.2) is 11.9 Å². The van der Waals surface area contributed by atoms with Gasteiger partial charge in [-0.25, -0.2) is 4.39 Å². The van der Waals surface area contributed by atoms with Crippen LogP contribution in [0.4, 0.5) is 4.39 Å². The predicted octanol–water partition coefficient (Wildman–Crippen LogP) is 4.75. The number of hydrogen-bond acceptors (Lipinski definition) is 2. The molecule has 1 unspecified atom stereocenters. The van der Waals surface area contributed by atoms with Gasteiger partial charge in [0.25, 0.3) is 0 Å². The number of ketones is 1. The summed E-state index contributed by atoms with van der Waals surface area (Å²) in [5.74, 6) is -0.421. The Bertz CT molecular complexity index is 682. The van der Waals surface area contributed by atoms with Crippen molar-refractivity contribution in [3.8, 4) is 5.75 Å². The number of ether oxygens (including phenoxy) is 1. The normalized spacial score (nSPS) is 12.0. The summed E-state index contributed by atoms with van der Waals surface area (Å²) in [7, 11) is 0. The Balaban J connectivity index is 2.19. The molecule has 0 amide bonds. The van der Waals surface area contributed by atoms with Gasteiger partial charge in [-0.1, -0.05) is 29.3 Å². The highest BCUT2D eigenvalue weighted by molar-refractivity contribution is 6.30. The lowest BCUT2D eigenvalue weighted by Gasteiger charge is -2.15. The summed E-state index contributed by atoms with van der Waals surface area (Å²) in [6, 6.07) is 9.80. The Labute approximate surface area is 128 Å². The molecule has 0 N–H and O–H groups in total. The lowest BCUT2D eigenvalue weighted by atomic mass is 9.99. The zero-order valence-corrected chi connectivity index (χ0v) is 12.9. The summed E-state index contributed by atoms with van der Waals surface area (Å²) in [5, 5.41) is 0.0239. The number of halogens is 2. The number of carbonyl (C=O) groups excluding carboxylic acids is 1. The average molecular weight is 307 g/mol. The van der Waals surface area contributed by atoms with E-state index in [-0.39, 0.29) is 16.6 Å². The molecule has 21 heavy (non-hydrogen) atoms. The fraction of sp³-hybridized carbons (Fsp3) is 0.235. The molecular weight excluding hydrogens is 291 g/mol. The summed E-state index contributed by atoms with van der Waals surface area (Å²) in [6.07, 6.45) is -0.703. The molecule has 0 saturated carbocycles. The molecule has 110 valence electrons. The Morgan fingerprint density at radius 3 is 2.57 bits per heavy atom. The van der Waals surface area contributed by atoms with Gasteiger partial charge in [-0.05, 0) is 44.5 Å². The number of rotatable bonds is 4. The van der Waals surface area contributed by atoms with Crippen LogP contribution in [-0.2, 0) is 0 Å². The van der Waals surface area contributed by atoms with E-state index in [1.165, 1.54) is 18.2 Å². The molecule has 2 aromatic rings. The standard InChI is InChI=1S/C17H16ClFO2/c1-10-4-5-11(2)14(8-10)17(20)12(3)21-13-6-7-15(18)16(19)9-13/h4-9,12H,1-3H3. The summed E-state index contributed by atoms with van der Waals surface area (Å²) in [5.41, 5.74) is 2.52. The summed E-state index contributed by atoms with van der Waals surface area (Å²) in [6.45, 7) is 5.45. The summed E-state index contributed by atoms with van der Waals surface area (Å²) in [4.78, 5) is 12.4. The maximum atomic E-state index is 13.4. The van der Waals surface area contributed by atoms with Gasteiger partial charge in [0.15, 0.2) is 6.10 Å². The van der Waals surface area contributed by atoms with Crippen LogP contribution in [0.1, 0.15) is 28.4 Å². The van der Waals surface area contributed by atoms with Gasteiger partial charge in [0.05, 0.1) is 5.02 Å². The number of aryl methyl sites for hydroxylation is 2. The molecule has 0 aliphatic carbocycles. The van der Waals surface area contributed by atoms with E-state index in [1.54, 1.807) is 6.92 Å². The third-order valence-corrected chi connectivity index (χ3v) is 3.54. The molecular formula is C17H16ClFO2. The topological polar surface area (TPSA) is 26.3 Å². The highest BCUT2D eigenvalue weighted by Crippen LogP contribution is 2.22. The van der Waals surface area contributed by atoms with Gasteiger partial charge in [0, 0.05) is 11.6 Å². The second-order valence-corrected chi connectivity index (χ2v) is 5.43. The third-order valence-electron chi connectivity index (χ3n) is 3.23. The summed E-state index contributed by atoms with van der Waals surface area (Å²) >= 11 is 5.62. The van der Waals surface area contributed by atoms with E-state index >= 15 is 0 Å². The van der Waals surface area contributed by atoms with Crippen molar-refractivity contribution in [2.45, 2.75) is 26.9 Å². The van der Waals surface area contributed by atoms with Crippen molar-refractivity contribution >= 4 is 17.4 Å². The lowest BCUT2D eigenvalue weighted by Crippen LogP contribution is -2.24. The average Bonchev–Trinajstić information content (AvgIpc) is 2.44. The Kier molecular flexibility index (Phi) is 4.63. The van der Waals surface area contributed by atoms with E-state index in [9.17, 15) is 9.18 Å². The fourth-order valence-corrected chi connectivity index (χ4v) is 2.15. The van der Waals surface area contributed by atoms with Gasteiger partial charge >= 0.3 is 0 Å². The van der Waals surface area contributed by atoms with Gasteiger partial charge in [-0.15, -0.1) is 0 Å². The number of Topliss-reactive ketones (excluding diaryl/α,β-unsaturated/α-hetero) is 1. The zero-order chi connectivity index (χ0) is 15.6. The molecule has 0 aromatic heterocycles. The van der Waals surface area contributed by atoms with E-state index < -0.39 is 11.9 Å². The first-order chi connectivity index (χ1) is 9.88. The molecule has 0 saturated heterocycles. The Morgan fingerprint density at radius 1 is 1.19 bits per heavy atom. The van der Waals surface area contributed by atoms with Gasteiger partial charge < -0.3 is 4.74 Å². The minimum absolute atomic E-state index is 0.0239. The molecule has 0 bridgehead atoms. The molecule has 0 aliphatic rings. The van der Waals surface area contributed by atoms with Gasteiger partial charge in [0.2, 0.25) is 5.78 Å². The number of benzene rings is 2. The van der Waals surface area contributed by atoms with Crippen LogP contribution in [0.25, 0.3) is 0 Å². The Morgan fingerprint density at radius 2 is 1.90 bits per heavy atom. The first-order valence-corrected chi connectivity index (χ1v) is 6.99. The van der Waals surface area contributed by atoms with E-state index in [1.807, 2.05) is 32.0 Å². The molecule has 0 heterocycles. The van der Waals surface area contributed by atoms with Crippen LogP contribution in [0.5, 0.6) is 5.75 Å². The van der Waals surface area contributed by atoms with Crippen LogP contribution < -0.4 is 4.74 Å². The molecule has 2 nitrogen and oxygen atoms in total. The third kappa shape index (κ3) is 3.61. The first kappa shape index (κ1) is 15.5. The molecule has 0 spiro atoms. The minimum atomic E-state index is -0.703. The van der Waals surface area contributed by atoms with E-state index in [0.29, 0.717) is 5.56 Å². The van der Waals surface area contributed by atoms with E-state index in [0.717, 1.165) is 11.1 Å². The maximum absolute atomic E-state index is 13.4. The maximum Gasteiger partial charge on any atom is 0.203 e. The predicted molar refractivity (Wildman–Crippen MR) is 81.7 cm³/mol. The Hall–Kier alpha value is -1.87. The van der Waals surface area contributed by atoms with Crippen LogP contribution in [0.15, 0.2) is 36.4 Å². The fourth-order valence-electron chi connectivity index (χ4n) is 2.03. The van der Waals surface area contributed by atoms with Crippen molar-refractivity contribution in [3.05, 3.63) is 63.9 Å². The van der Waals surface area contributed by atoms with Crippen molar-refractivity contribution in [1.82, 2.24) is 0 Å². The van der Waals surface area contributed by atoms with Crippen molar-refractivity contribution < 1.29 is 13.9 Å². The monoisotopic (exact) mass is 306 g/mol. The molecule has 0 radical (unpaired) electrons. The molecule has 1 atom stereocenters. The first-order valence-electron chi connectivity index (χ1n) is 6.61. The van der Waals surface area contributed by atoms with Gasteiger partial charge in [-0.2, -0.15) is 0 Å². The molecule has 0 fully saturated rings. The van der Waals surface area contributed by atoms with Crippen molar-refractivity contribution in [2.75, 3.05) is 0 Å². The lowest BCUT2D eigenvalue weighted by molar-refractivity contribution is 0.0817. The second-order valence-electron chi connectivity index (χ2n) is 5.02. The molecule has 2 rings (SSSR count). The highest BCUT2D eigenvalue weighted by atomic mass is 35.5. The summed E-state index contributed by atoms with van der Waals surface area (Å²) < 4.78 is 18.9. The highest BCUT2D eigenvalue weighted by Gasteiger charge is 2.19. The van der Waals surface area contributed by atoms with Gasteiger partial charge in [-0.3, -0.25) is 4.79 Å². The van der Waals surface area contributed by atoms with E-state index in [2.05, 4.69) is 0 Å². The van der Waals surface area contributed by atoms with E-state index in [4.69, 9.17) is 16.3 Å². The molecule has 4 heteroatoms. The largest absolute Gasteiger partial charge is 0.482 e. The quantitative estimate of drug-likeness (QED) is 0.762. The second kappa shape index (κ2) is 6.27.